The Kier molecular flexibility index (Phi) is 3.70. The molecular formula is C11H12N4O4S. The van der Waals surface area contributed by atoms with Crippen LogP contribution in [-0.4, -0.2) is 23.5 Å². The highest BCUT2D eigenvalue weighted by Crippen LogP contribution is 2.21. The summed E-state index contributed by atoms with van der Waals surface area (Å²) in [4.78, 5) is 10.3. The molecule has 0 fully saturated rings. The molecule has 0 bridgehead atoms. The number of aromatic nitrogens is 2. The number of nitrogens with zero attached hydrogens (tertiary/aromatic N) is 2. The number of benzene rings is 1. The fraction of sp³-hybridized carbons (Fsp3) is 0.182. The molecule has 106 valence electrons. The van der Waals surface area contributed by atoms with Gasteiger partial charge in [-0.15, -0.1) is 0 Å². The van der Waals surface area contributed by atoms with Crippen molar-refractivity contribution in [1.82, 2.24) is 10.2 Å². The van der Waals surface area contributed by atoms with Crippen LogP contribution in [0.1, 0.15) is 11.3 Å². The van der Waals surface area contributed by atoms with Crippen LogP contribution in [0.5, 0.6) is 0 Å². The minimum Gasteiger partial charge on any atom is -0.281 e. The molecule has 0 unspecified atom stereocenters. The Balaban J connectivity index is 2.25. The standard InChI is InChI=1S/C11H12N4O4S/c1-8-10(6-12-13-8)14-20(18,19)7-9-4-2-3-5-11(9)15(16)17/h2-6,14H,7H2,1H3,(H,12,13). The number of hydrogen-bond donors (Lipinski definition) is 2. The number of aromatic amines is 1. The number of rotatable bonds is 5. The fourth-order valence-electron chi connectivity index (χ4n) is 1.67. The molecule has 0 spiro atoms. The second-order valence-corrected chi connectivity index (χ2v) is 5.88. The first-order valence-electron chi connectivity index (χ1n) is 5.62. The van der Waals surface area contributed by atoms with Gasteiger partial charge in [0.1, 0.15) is 5.75 Å². The monoisotopic (exact) mass is 296 g/mol. The van der Waals surface area contributed by atoms with E-state index in [1.165, 1.54) is 24.4 Å². The number of nitrogens with one attached hydrogen (secondary N) is 2. The lowest BCUT2D eigenvalue weighted by atomic mass is 10.2. The van der Waals surface area contributed by atoms with E-state index in [0.29, 0.717) is 11.4 Å². The van der Waals surface area contributed by atoms with Gasteiger partial charge >= 0.3 is 0 Å². The number of hydrogen-bond acceptors (Lipinski definition) is 5. The normalized spacial score (nSPS) is 11.2. The van der Waals surface area contributed by atoms with Crippen molar-refractivity contribution in [2.45, 2.75) is 12.7 Å². The number of nitro benzene ring substituents is 1. The van der Waals surface area contributed by atoms with Gasteiger partial charge in [0.15, 0.2) is 0 Å². The molecule has 0 saturated heterocycles. The van der Waals surface area contributed by atoms with Gasteiger partial charge in [-0.3, -0.25) is 19.9 Å². The first-order valence-corrected chi connectivity index (χ1v) is 7.27. The zero-order chi connectivity index (χ0) is 14.8. The first-order chi connectivity index (χ1) is 9.39. The van der Waals surface area contributed by atoms with Crippen molar-refractivity contribution in [3.05, 3.63) is 51.8 Å². The van der Waals surface area contributed by atoms with Crippen LogP contribution >= 0.6 is 0 Å². The minimum atomic E-state index is -3.75. The molecule has 1 aromatic carbocycles. The summed E-state index contributed by atoms with van der Waals surface area (Å²) in [5.41, 5.74) is 0.799. The van der Waals surface area contributed by atoms with Gasteiger partial charge in [0.25, 0.3) is 5.69 Å². The molecule has 20 heavy (non-hydrogen) atoms. The van der Waals surface area contributed by atoms with Crippen LogP contribution in [0, 0.1) is 17.0 Å². The molecule has 2 N–H and O–H groups in total. The fourth-order valence-corrected chi connectivity index (χ4v) is 2.94. The number of sulfonamides is 1. The van der Waals surface area contributed by atoms with Gasteiger partial charge < -0.3 is 0 Å². The van der Waals surface area contributed by atoms with Gasteiger partial charge in [-0.05, 0) is 6.92 Å². The summed E-state index contributed by atoms with van der Waals surface area (Å²) in [6, 6.07) is 5.73. The van der Waals surface area contributed by atoms with Crippen molar-refractivity contribution in [2.75, 3.05) is 4.72 Å². The molecule has 0 aliphatic heterocycles. The summed E-state index contributed by atoms with van der Waals surface area (Å²) in [7, 11) is -3.75. The van der Waals surface area contributed by atoms with Crippen LogP contribution in [0.4, 0.5) is 11.4 Å². The summed E-state index contributed by atoms with van der Waals surface area (Å²) in [6.07, 6.45) is 1.34. The number of H-pyrrole nitrogens is 1. The molecule has 0 radical (unpaired) electrons. The third-order valence-electron chi connectivity index (χ3n) is 2.63. The van der Waals surface area contributed by atoms with Gasteiger partial charge in [-0.2, -0.15) is 5.10 Å². The van der Waals surface area contributed by atoms with Gasteiger partial charge in [0.05, 0.1) is 22.5 Å². The van der Waals surface area contributed by atoms with E-state index < -0.39 is 20.7 Å². The third-order valence-corrected chi connectivity index (χ3v) is 3.85. The molecule has 9 heteroatoms. The minimum absolute atomic E-state index is 0.131. The lowest BCUT2D eigenvalue weighted by molar-refractivity contribution is -0.385. The summed E-state index contributed by atoms with van der Waals surface area (Å²) in [5.74, 6) is -0.477. The van der Waals surface area contributed by atoms with Crippen molar-refractivity contribution in [2.24, 2.45) is 0 Å². The Morgan fingerprint density at radius 2 is 2.10 bits per heavy atom. The van der Waals surface area contributed by atoms with Crippen LogP contribution < -0.4 is 4.72 Å². The highest BCUT2D eigenvalue weighted by Gasteiger charge is 2.20. The van der Waals surface area contributed by atoms with Crippen LogP contribution in [-0.2, 0) is 15.8 Å². The van der Waals surface area contributed by atoms with E-state index in [-0.39, 0.29) is 11.3 Å². The average Bonchev–Trinajstić information content (AvgIpc) is 2.74. The molecule has 0 amide bonds. The quantitative estimate of drug-likeness (QED) is 0.641. The smallest absolute Gasteiger partial charge is 0.273 e. The van der Waals surface area contributed by atoms with Crippen LogP contribution in [0.25, 0.3) is 0 Å². The molecule has 2 rings (SSSR count). The van der Waals surface area contributed by atoms with Crippen LogP contribution in [0.2, 0.25) is 0 Å². The van der Waals surface area contributed by atoms with Gasteiger partial charge in [0, 0.05) is 11.6 Å². The average molecular weight is 296 g/mol. The molecule has 1 aromatic heterocycles. The summed E-state index contributed by atoms with van der Waals surface area (Å²) < 4.78 is 26.4. The van der Waals surface area contributed by atoms with Gasteiger partial charge in [-0.25, -0.2) is 8.42 Å². The van der Waals surface area contributed by atoms with Gasteiger partial charge in [-0.1, -0.05) is 18.2 Å². The Morgan fingerprint density at radius 3 is 2.70 bits per heavy atom. The predicted molar refractivity (Wildman–Crippen MR) is 72.7 cm³/mol. The van der Waals surface area contributed by atoms with Crippen molar-refractivity contribution >= 4 is 21.4 Å². The zero-order valence-corrected chi connectivity index (χ0v) is 11.3. The first kappa shape index (κ1) is 14.0. The van der Waals surface area contributed by atoms with Crippen LogP contribution in [0.3, 0.4) is 0 Å². The third kappa shape index (κ3) is 3.12. The maximum Gasteiger partial charge on any atom is 0.273 e. The van der Waals surface area contributed by atoms with Crippen molar-refractivity contribution < 1.29 is 13.3 Å². The Labute approximate surface area is 115 Å². The largest absolute Gasteiger partial charge is 0.281 e. The second kappa shape index (κ2) is 5.29. The maximum atomic E-state index is 12.0. The molecule has 0 saturated carbocycles. The number of para-hydroxylation sites is 1. The predicted octanol–water partition coefficient (Wildman–Crippen LogP) is 1.57. The highest BCUT2D eigenvalue weighted by molar-refractivity contribution is 7.91. The summed E-state index contributed by atoms with van der Waals surface area (Å²) >= 11 is 0. The lowest BCUT2D eigenvalue weighted by Crippen LogP contribution is -2.16. The van der Waals surface area contributed by atoms with E-state index in [2.05, 4.69) is 14.9 Å². The van der Waals surface area contributed by atoms with E-state index in [1.807, 2.05) is 0 Å². The summed E-state index contributed by atoms with van der Waals surface area (Å²) in [6.45, 7) is 1.66. The number of aryl methyl sites for hydroxylation is 1. The van der Waals surface area contributed by atoms with Gasteiger partial charge in [0.2, 0.25) is 10.0 Å². The van der Waals surface area contributed by atoms with Crippen molar-refractivity contribution in [3.8, 4) is 0 Å². The molecule has 1 heterocycles. The Hall–Kier alpha value is -2.42. The molecular weight excluding hydrogens is 284 g/mol. The number of nitro groups is 1. The molecule has 8 nitrogen and oxygen atoms in total. The topological polar surface area (TPSA) is 118 Å². The van der Waals surface area contributed by atoms with E-state index in [1.54, 1.807) is 13.0 Å². The SMILES string of the molecule is Cc1[nH]ncc1NS(=O)(=O)Cc1ccccc1[N+](=O)[O-]. The van der Waals surface area contributed by atoms with Crippen LogP contribution in [0.15, 0.2) is 30.5 Å². The van der Waals surface area contributed by atoms with E-state index in [4.69, 9.17) is 0 Å². The second-order valence-electron chi connectivity index (χ2n) is 4.16. The van der Waals surface area contributed by atoms with Crippen molar-refractivity contribution in [3.63, 3.8) is 0 Å². The summed E-state index contributed by atoms with van der Waals surface area (Å²) in [5, 5.41) is 17.2. The number of anilines is 1. The van der Waals surface area contributed by atoms with E-state index in [0.717, 1.165) is 0 Å². The molecule has 0 aliphatic rings. The zero-order valence-electron chi connectivity index (χ0n) is 10.5. The van der Waals surface area contributed by atoms with E-state index >= 15 is 0 Å². The lowest BCUT2D eigenvalue weighted by Gasteiger charge is -2.07. The molecule has 0 aliphatic carbocycles. The maximum absolute atomic E-state index is 12.0. The highest BCUT2D eigenvalue weighted by atomic mass is 32.2. The molecule has 2 aromatic rings. The molecule has 0 atom stereocenters. The van der Waals surface area contributed by atoms with Crippen molar-refractivity contribution in [1.29, 1.82) is 0 Å². The Morgan fingerprint density at radius 1 is 1.40 bits per heavy atom. The Bertz CT molecular complexity index is 738. The van der Waals surface area contributed by atoms with E-state index in [9.17, 15) is 18.5 Å².